The summed E-state index contributed by atoms with van der Waals surface area (Å²) < 4.78 is 0. The third kappa shape index (κ3) is 2.87. The zero-order chi connectivity index (χ0) is 13.2. The van der Waals surface area contributed by atoms with Crippen LogP contribution in [0.25, 0.3) is 0 Å². The monoisotopic (exact) mass is 281 g/mol. The fourth-order valence-electron chi connectivity index (χ4n) is 2.99. The Hall–Kier alpha value is -0.810. The third-order valence-electron chi connectivity index (χ3n) is 4.13. The first-order valence-electron chi connectivity index (χ1n) is 6.87. The number of nitrogens with one attached hydrogen (secondary N) is 1. The molecule has 1 unspecified atom stereocenters. The van der Waals surface area contributed by atoms with E-state index in [1.807, 2.05) is 12.1 Å². The van der Waals surface area contributed by atoms with Gasteiger partial charge in [0.25, 0.3) is 0 Å². The Morgan fingerprint density at radius 3 is 2.32 bits per heavy atom. The first-order chi connectivity index (χ1) is 9.24. The molecule has 0 spiro atoms. The number of anilines is 1. The molecule has 0 aliphatic carbocycles. The number of benzene rings is 1. The third-order valence-corrected chi connectivity index (χ3v) is 4.38. The van der Waals surface area contributed by atoms with E-state index >= 15 is 0 Å². The van der Waals surface area contributed by atoms with E-state index in [0.717, 1.165) is 44.3 Å². The summed E-state index contributed by atoms with van der Waals surface area (Å²) in [4.78, 5) is 4.78. The quantitative estimate of drug-likeness (QED) is 0.841. The van der Waals surface area contributed by atoms with Crippen molar-refractivity contribution in [3.05, 3.63) is 29.3 Å². The van der Waals surface area contributed by atoms with Gasteiger partial charge in [0.1, 0.15) is 0 Å². The standard InChI is InChI=1S/C14H20ClN3O/c15-11-1-3-12(4-2-11)17-5-7-18(8-6-17)13-9-16-10-14(13)19/h1-4,13-14,16,19H,5-10H2/t13?,14-/m1/s1. The Kier molecular flexibility index (Phi) is 3.93. The van der Waals surface area contributed by atoms with Gasteiger partial charge in [-0.15, -0.1) is 0 Å². The highest BCUT2D eigenvalue weighted by molar-refractivity contribution is 6.30. The molecule has 104 valence electrons. The molecule has 0 radical (unpaired) electrons. The van der Waals surface area contributed by atoms with Crippen molar-refractivity contribution in [2.24, 2.45) is 0 Å². The predicted molar refractivity (Wildman–Crippen MR) is 77.9 cm³/mol. The number of rotatable bonds is 2. The number of β-amino-alcohol motifs (C(OH)–C–C–N with tert-alkyl or cyclic N) is 1. The Labute approximate surface area is 119 Å². The molecule has 3 rings (SSSR count). The van der Waals surface area contributed by atoms with Crippen molar-refractivity contribution in [2.45, 2.75) is 12.1 Å². The number of aliphatic hydroxyl groups is 1. The molecular formula is C14H20ClN3O. The minimum atomic E-state index is -0.220. The van der Waals surface area contributed by atoms with Gasteiger partial charge in [0, 0.05) is 56.0 Å². The molecule has 2 aliphatic heterocycles. The Morgan fingerprint density at radius 2 is 1.74 bits per heavy atom. The van der Waals surface area contributed by atoms with Crippen LogP contribution in [0.15, 0.2) is 24.3 Å². The summed E-state index contributed by atoms with van der Waals surface area (Å²) in [5, 5.41) is 14.0. The highest BCUT2D eigenvalue weighted by Gasteiger charge is 2.32. The van der Waals surface area contributed by atoms with Crippen LogP contribution in [0.1, 0.15) is 0 Å². The summed E-state index contributed by atoms with van der Waals surface area (Å²) in [6.45, 7) is 5.65. The maximum Gasteiger partial charge on any atom is 0.0831 e. The Balaban J connectivity index is 1.58. The topological polar surface area (TPSA) is 38.7 Å². The maximum absolute atomic E-state index is 9.92. The number of hydrogen-bond donors (Lipinski definition) is 2. The second kappa shape index (κ2) is 5.67. The van der Waals surface area contributed by atoms with Gasteiger partial charge in [0.2, 0.25) is 0 Å². The predicted octanol–water partition coefficient (Wildman–Crippen LogP) is 0.795. The lowest BCUT2D eigenvalue weighted by Gasteiger charge is -2.39. The number of aliphatic hydroxyl groups excluding tert-OH is 1. The molecule has 0 amide bonds. The first kappa shape index (κ1) is 13.2. The molecule has 0 bridgehead atoms. The SMILES string of the molecule is O[C@@H]1CNCC1N1CCN(c2ccc(Cl)cc2)CC1. The van der Waals surface area contributed by atoms with Crippen LogP contribution in [0.3, 0.4) is 0 Å². The second-order valence-corrected chi connectivity index (χ2v) is 5.73. The maximum atomic E-state index is 9.92. The van der Waals surface area contributed by atoms with Crippen molar-refractivity contribution in [3.63, 3.8) is 0 Å². The van der Waals surface area contributed by atoms with Crippen molar-refractivity contribution in [3.8, 4) is 0 Å². The molecule has 2 aliphatic rings. The summed E-state index contributed by atoms with van der Waals surface area (Å²) >= 11 is 5.91. The minimum Gasteiger partial charge on any atom is -0.390 e. The van der Waals surface area contributed by atoms with E-state index in [4.69, 9.17) is 11.6 Å². The van der Waals surface area contributed by atoms with Crippen LogP contribution >= 0.6 is 11.6 Å². The molecule has 0 saturated carbocycles. The van der Waals surface area contributed by atoms with Gasteiger partial charge in [-0.3, -0.25) is 4.90 Å². The van der Waals surface area contributed by atoms with Crippen molar-refractivity contribution in [1.29, 1.82) is 0 Å². The highest BCUT2D eigenvalue weighted by Crippen LogP contribution is 2.21. The molecule has 0 aromatic heterocycles. The van der Waals surface area contributed by atoms with E-state index in [1.54, 1.807) is 0 Å². The van der Waals surface area contributed by atoms with E-state index in [1.165, 1.54) is 5.69 Å². The lowest BCUT2D eigenvalue weighted by atomic mass is 10.1. The van der Waals surface area contributed by atoms with Gasteiger partial charge in [-0.2, -0.15) is 0 Å². The van der Waals surface area contributed by atoms with Gasteiger partial charge >= 0.3 is 0 Å². The van der Waals surface area contributed by atoms with Gasteiger partial charge in [-0.05, 0) is 24.3 Å². The van der Waals surface area contributed by atoms with Crippen LogP contribution in [0, 0.1) is 0 Å². The average molecular weight is 282 g/mol. The molecular weight excluding hydrogens is 262 g/mol. The summed E-state index contributed by atoms with van der Waals surface area (Å²) in [7, 11) is 0. The van der Waals surface area contributed by atoms with E-state index in [2.05, 4.69) is 27.2 Å². The van der Waals surface area contributed by atoms with Crippen LogP contribution in [0.5, 0.6) is 0 Å². The van der Waals surface area contributed by atoms with Crippen LogP contribution < -0.4 is 10.2 Å². The van der Waals surface area contributed by atoms with Crippen LogP contribution in [-0.4, -0.2) is 61.4 Å². The molecule has 2 saturated heterocycles. The summed E-state index contributed by atoms with van der Waals surface area (Å²) in [6.07, 6.45) is -0.220. The molecule has 2 fully saturated rings. The normalized spacial score (nSPS) is 28.8. The molecule has 1 aromatic rings. The zero-order valence-electron chi connectivity index (χ0n) is 10.9. The lowest BCUT2D eigenvalue weighted by molar-refractivity contribution is 0.0792. The molecule has 5 heteroatoms. The highest BCUT2D eigenvalue weighted by atomic mass is 35.5. The average Bonchev–Trinajstić information content (AvgIpc) is 2.86. The molecule has 2 atom stereocenters. The molecule has 2 N–H and O–H groups in total. The van der Waals surface area contributed by atoms with Gasteiger partial charge < -0.3 is 15.3 Å². The summed E-state index contributed by atoms with van der Waals surface area (Å²) in [5.74, 6) is 0. The number of hydrogen-bond acceptors (Lipinski definition) is 4. The molecule has 2 heterocycles. The van der Waals surface area contributed by atoms with Crippen LogP contribution in [0.4, 0.5) is 5.69 Å². The molecule has 1 aromatic carbocycles. The fraction of sp³-hybridized carbons (Fsp3) is 0.571. The second-order valence-electron chi connectivity index (χ2n) is 5.29. The Bertz CT molecular complexity index is 417. The van der Waals surface area contributed by atoms with Crippen molar-refractivity contribution in [2.75, 3.05) is 44.2 Å². The Morgan fingerprint density at radius 1 is 1.05 bits per heavy atom. The van der Waals surface area contributed by atoms with Crippen LogP contribution in [0.2, 0.25) is 5.02 Å². The zero-order valence-corrected chi connectivity index (χ0v) is 11.7. The molecule has 4 nitrogen and oxygen atoms in total. The van der Waals surface area contributed by atoms with Crippen molar-refractivity contribution < 1.29 is 5.11 Å². The van der Waals surface area contributed by atoms with Crippen LogP contribution in [-0.2, 0) is 0 Å². The number of nitrogens with zero attached hydrogens (tertiary/aromatic N) is 2. The smallest absolute Gasteiger partial charge is 0.0831 e. The number of piperazine rings is 1. The summed E-state index contributed by atoms with van der Waals surface area (Å²) in [5.41, 5.74) is 1.23. The lowest BCUT2D eigenvalue weighted by Crippen LogP contribution is -2.53. The van der Waals surface area contributed by atoms with E-state index in [-0.39, 0.29) is 12.1 Å². The minimum absolute atomic E-state index is 0.220. The largest absolute Gasteiger partial charge is 0.390 e. The van der Waals surface area contributed by atoms with Gasteiger partial charge in [0.15, 0.2) is 0 Å². The number of halogens is 1. The summed E-state index contributed by atoms with van der Waals surface area (Å²) in [6, 6.07) is 8.31. The first-order valence-corrected chi connectivity index (χ1v) is 7.25. The van der Waals surface area contributed by atoms with Gasteiger partial charge in [-0.25, -0.2) is 0 Å². The fourth-order valence-corrected chi connectivity index (χ4v) is 3.11. The molecule has 19 heavy (non-hydrogen) atoms. The van der Waals surface area contributed by atoms with Crippen molar-refractivity contribution in [1.82, 2.24) is 10.2 Å². The van der Waals surface area contributed by atoms with Crippen molar-refractivity contribution >= 4 is 17.3 Å². The van der Waals surface area contributed by atoms with E-state index in [9.17, 15) is 5.11 Å². The van der Waals surface area contributed by atoms with Gasteiger partial charge in [-0.1, -0.05) is 11.6 Å². The van der Waals surface area contributed by atoms with E-state index < -0.39 is 0 Å². The van der Waals surface area contributed by atoms with Gasteiger partial charge in [0.05, 0.1) is 6.10 Å². The van der Waals surface area contributed by atoms with E-state index in [0.29, 0.717) is 0 Å².